The standard InChI is InChI=1S/C11H16.3C2H6/c1-7-6-8(2)10(4)11(5)9(7)3;3*1-2/h6H,1-5H3;3*1-2H3. The molecule has 0 saturated heterocycles. The van der Waals surface area contributed by atoms with E-state index in [1.54, 1.807) is 0 Å². The fourth-order valence-electron chi connectivity index (χ4n) is 1.41. The largest absolute Gasteiger partial charge is 0.0683 e. The second kappa shape index (κ2) is 13.3. The van der Waals surface area contributed by atoms with Gasteiger partial charge in [-0.25, -0.2) is 0 Å². The lowest BCUT2D eigenvalue weighted by atomic mass is 9.96. The molecule has 0 nitrogen and oxygen atoms in total. The molecule has 0 atom stereocenters. The van der Waals surface area contributed by atoms with Crippen molar-refractivity contribution in [2.24, 2.45) is 0 Å². The van der Waals surface area contributed by atoms with E-state index in [1.165, 1.54) is 27.8 Å². The highest BCUT2D eigenvalue weighted by Crippen LogP contribution is 2.19. The van der Waals surface area contributed by atoms with Crippen molar-refractivity contribution in [3.63, 3.8) is 0 Å². The average molecular weight is 238 g/mol. The Balaban J connectivity index is -0.000000285. The molecule has 0 aliphatic carbocycles. The highest BCUT2D eigenvalue weighted by Gasteiger charge is 2.02. The van der Waals surface area contributed by atoms with Gasteiger partial charge in [0.2, 0.25) is 0 Å². The normalized spacial score (nSPS) is 7.71. The second-order valence-corrected chi connectivity index (χ2v) is 3.39. The van der Waals surface area contributed by atoms with Gasteiger partial charge in [0.05, 0.1) is 0 Å². The van der Waals surface area contributed by atoms with Crippen molar-refractivity contribution in [1.82, 2.24) is 0 Å². The van der Waals surface area contributed by atoms with Gasteiger partial charge in [-0.2, -0.15) is 0 Å². The summed E-state index contributed by atoms with van der Waals surface area (Å²) in [6.45, 7) is 22.9. The van der Waals surface area contributed by atoms with E-state index in [-0.39, 0.29) is 0 Å². The van der Waals surface area contributed by atoms with Gasteiger partial charge in [-0.3, -0.25) is 0 Å². The molecule has 0 aliphatic heterocycles. The molecule has 0 aromatic heterocycles. The minimum absolute atomic E-state index is 1.41. The molecule has 0 N–H and O–H groups in total. The Morgan fingerprint density at radius 1 is 0.471 bits per heavy atom. The molecule has 0 aliphatic rings. The fraction of sp³-hybridized carbons (Fsp3) is 0.647. The van der Waals surface area contributed by atoms with Gasteiger partial charge in [0.15, 0.2) is 0 Å². The van der Waals surface area contributed by atoms with Gasteiger partial charge in [-0.15, -0.1) is 0 Å². The smallest absolute Gasteiger partial charge is 0.0392 e. The molecular weight excluding hydrogens is 204 g/mol. The molecule has 0 spiro atoms. The predicted octanol–water partition coefficient (Wildman–Crippen LogP) is 6.31. The van der Waals surface area contributed by atoms with Crippen LogP contribution >= 0.6 is 0 Å². The summed E-state index contributed by atoms with van der Waals surface area (Å²) in [5.41, 5.74) is 7.14. The van der Waals surface area contributed by atoms with E-state index in [0.29, 0.717) is 0 Å². The molecule has 0 unspecified atom stereocenters. The number of benzene rings is 1. The first-order valence-electron chi connectivity index (χ1n) is 7.08. The van der Waals surface area contributed by atoms with Crippen molar-refractivity contribution < 1.29 is 0 Å². The fourth-order valence-corrected chi connectivity index (χ4v) is 1.41. The van der Waals surface area contributed by atoms with Crippen molar-refractivity contribution in [2.75, 3.05) is 0 Å². The van der Waals surface area contributed by atoms with Crippen LogP contribution in [0.3, 0.4) is 0 Å². The first kappa shape index (κ1) is 21.5. The Morgan fingerprint density at radius 2 is 0.706 bits per heavy atom. The van der Waals surface area contributed by atoms with Crippen molar-refractivity contribution in [3.8, 4) is 0 Å². The van der Waals surface area contributed by atoms with E-state index in [1.807, 2.05) is 41.5 Å². The quantitative estimate of drug-likeness (QED) is 0.497. The lowest BCUT2D eigenvalue weighted by molar-refractivity contribution is 1.18. The Labute approximate surface area is 110 Å². The summed E-state index contributed by atoms with van der Waals surface area (Å²) in [5, 5.41) is 0. The first-order chi connectivity index (χ1) is 8.04. The predicted molar refractivity (Wildman–Crippen MR) is 84.2 cm³/mol. The van der Waals surface area contributed by atoms with E-state index in [4.69, 9.17) is 0 Å². The zero-order chi connectivity index (χ0) is 14.6. The summed E-state index contributed by atoms with van der Waals surface area (Å²) in [4.78, 5) is 0. The monoisotopic (exact) mass is 238 g/mol. The maximum atomic E-state index is 2.26. The van der Waals surface area contributed by atoms with Gasteiger partial charge < -0.3 is 0 Å². The number of rotatable bonds is 0. The van der Waals surface area contributed by atoms with Crippen molar-refractivity contribution >= 4 is 0 Å². The van der Waals surface area contributed by atoms with Crippen LogP contribution in [-0.4, -0.2) is 0 Å². The van der Waals surface area contributed by atoms with Crippen LogP contribution in [0.4, 0.5) is 0 Å². The third kappa shape index (κ3) is 7.20. The zero-order valence-electron chi connectivity index (χ0n) is 14.1. The van der Waals surface area contributed by atoms with Gasteiger partial charge in [-0.05, 0) is 62.4 Å². The van der Waals surface area contributed by atoms with Crippen molar-refractivity contribution in [1.29, 1.82) is 0 Å². The Morgan fingerprint density at radius 3 is 0.941 bits per heavy atom. The molecule has 0 bridgehead atoms. The molecule has 0 saturated carbocycles. The molecule has 1 aromatic carbocycles. The molecule has 0 fully saturated rings. The lowest BCUT2D eigenvalue weighted by Gasteiger charge is -2.10. The molecule has 102 valence electrons. The van der Waals surface area contributed by atoms with Crippen molar-refractivity contribution in [3.05, 3.63) is 33.9 Å². The average Bonchev–Trinajstić information content (AvgIpc) is 2.41. The maximum Gasteiger partial charge on any atom is -0.0392 e. The summed E-state index contributed by atoms with van der Waals surface area (Å²) in [7, 11) is 0. The molecule has 0 heterocycles. The van der Waals surface area contributed by atoms with Crippen LogP contribution in [0.5, 0.6) is 0 Å². The summed E-state index contributed by atoms with van der Waals surface area (Å²) >= 11 is 0. The maximum absolute atomic E-state index is 2.26. The summed E-state index contributed by atoms with van der Waals surface area (Å²) in [5.74, 6) is 0. The Kier molecular flexibility index (Phi) is 16.8. The van der Waals surface area contributed by atoms with Crippen LogP contribution in [0.25, 0.3) is 0 Å². The molecule has 1 rings (SSSR count). The zero-order valence-corrected chi connectivity index (χ0v) is 14.1. The SMILES string of the molecule is CC.CC.CC.Cc1cc(C)c(C)c(C)c1C. The molecule has 0 radical (unpaired) electrons. The van der Waals surface area contributed by atoms with Gasteiger partial charge >= 0.3 is 0 Å². The minimum Gasteiger partial charge on any atom is -0.0683 e. The number of aryl methyl sites for hydroxylation is 2. The third-order valence-electron chi connectivity index (χ3n) is 2.74. The van der Waals surface area contributed by atoms with Crippen LogP contribution in [0.1, 0.15) is 69.4 Å². The summed E-state index contributed by atoms with van der Waals surface area (Å²) in [6, 6.07) is 2.26. The van der Waals surface area contributed by atoms with Gasteiger partial charge in [0.25, 0.3) is 0 Å². The van der Waals surface area contributed by atoms with Gasteiger partial charge in [0, 0.05) is 0 Å². The summed E-state index contributed by atoms with van der Waals surface area (Å²) < 4.78 is 0. The minimum atomic E-state index is 1.41. The number of hydrogen-bond donors (Lipinski definition) is 0. The van der Waals surface area contributed by atoms with E-state index < -0.39 is 0 Å². The van der Waals surface area contributed by atoms with E-state index in [2.05, 4.69) is 40.7 Å². The van der Waals surface area contributed by atoms with Gasteiger partial charge in [-0.1, -0.05) is 47.6 Å². The lowest BCUT2D eigenvalue weighted by Crippen LogP contribution is -1.93. The van der Waals surface area contributed by atoms with Crippen molar-refractivity contribution in [2.45, 2.75) is 76.2 Å². The van der Waals surface area contributed by atoms with Crippen LogP contribution in [0, 0.1) is 34.6 Å². The van der Waals surface area contributed by atoms with Crippen LogP contribution in [0.2, 0.25) is 0 Å². The highest BCUT2D eigenvalue weighted by atomic mass is 14.1. The van der Waals surface area contributed by atoms with E-state index in [9.17, 15) is 0 Å². The van der Waals surface area contributed by atoms with Crippen LogP contribution in [-0.2, 0) is 0 Å². The Bertz CT molecular complexity index is 256. The highest BCUT2D eigenvalue weighted by molar-refractivity contribution is 5.42. The molecule has 1 aromatic rings. The van der Waals surface area contributed by atoms with E-state index >= 15 is 0 Å². The van der Waals surface area contributed by atoms with Crippen LogP contribution < -0.4 is 0 Å². The molecular formula is C17H34. The second-order valence-electron chi connectivity index (χ2n) is 3.39. The van der Waals surface area contributed by atoms with Gasteiger partial charge in [0.1, 0.15) is 0 Å². The molecule has 0 amide bonds. The number of hydrogen-bond acceptors (Lipinski definition) is 0. The van der Waals surface area contributed by atoms with E-state index in [0.717, 1.165) is 0 Å². The molecule has 17 heavy (non-hydrogen) atoms. The van der Waals surface area contributed by atoms with Crippen LogP contribution in [0.15, 0.2) is 6.07 Å². The topological polar surface area (TPSA) is 0 Å². The Hall–Kier alpha value is -0.780. The first-order valence-corrected chi connectivity index (χ1v) is 7.08. The third-order valence-corrected chi connectivity index (χ3v) is 2.74. The molecule has 0 heteroatoms. The summed E-state index contributed by atoms with van der Waals surface area (Å²) in [6.07, 6.45) is 0.